The fourth-order valence-corrected chi connectivity index (χ4v) is 7.56. The van der Waals surface area contributed by atoms with Gasteiger partial charge in [-0.05, 0) is 51.0 Å². The molecule has 0 unspecified atom stereocenters. The van der Waals surface area contributed by atoms with E-state index in [1.54, 1.807) is 13.8 Å². The lowest BCUT2D eigenvalue weighted by Crippen LogP contribution is -2.41. The van der Waals surface area contributed by atoms with Crippen molar-refractivity contribution in [2.45, 2.75) is 41.9 Å². The molecule has 0 radical (unpaired) electrons. The number of sulfone groups is 1. The van der Waals surface area contributed by atoms with Gasteiger partial charge in [0.25, 0.3) is 15.9 Å². The van der Waals surface area contributed by atoms with Crippen molar-refractivity contribution in [3.63, 3.8) is 0 Å². The minimum absolute atomic E-state index is 0.105. The molecule has 2 aromatic heterocycles. The highest BCUT2D eigenvalue weighted by atomic mass is 32.2. The fraction of sp³-hybridized carbons (Fsp3) is 0.381. The number of benzene rings is 1. The summed E-state index contributed by atoms with van der Waals surface area (Å²) in [5.41, 5.74) is 0.358. The molecule has 13 nitrogen and oxygen atoms in total. The number of nitrogens with one attached hydrogen (secondary N) is 1. The van der Waals surface area contributed by atoms with Gasteiger partial charge in [0, 0.05) is 25.0 Å². The summed E-state index contributed by atoms with van der Waals surface area (Å²) in [6, 6.07) is 5.68. The van der Waals surface area contributed by atoms with Crippen LogP contribution in [-0.4, -0.2) is 66.5 Å². The monoisotopic (exact) mass is 568 g/mol. The van der Waals surface area contributed by atoms with Gasteiger partial charge in [-0.2, -0.15) is 9.29 Å². The molecule has 0 spiro atoms. The summed E-state index contributed by atoms with van der Waals surface area (Å²) < 4.78 is 56.8. The van der Waals surface area contributed by atoms with E-state index >= 15 is 0 Å². The average Bonchev–Trinajstić information content (AvgIpc) is 3.18. The molecule has 0 bridgehead atoms. The first-order valence-electron chi connectivity index (χ1n) is 11.0. The van der Waals surface area contributed by atoms with Crippen molar-refractivity contribution < 1.29 is 26.5 Å². The van der Waals surface area contributed by atoms with Gasteiger partial charge in [-0.15, -0.1) is 11.3 Å². The van der Waals surface area contributed by atoms with Crippen molar-refractivity contribution in [2.75, 3.05) is 24.7 Å². The number of anilines is 2. The Morgan fingerprint density at radius 3 is 2.30 bits per heavy atom. The largest absolute Gasteiger partial charge is 0.469 e. The lowest BCUT2D eigenvalue weighted by molar-refractivity contribution is -0.385. The molecule has 1 aromatic carbocycles. The molecule has 4 rings (SSSR count). The lowest BCUT2D eigenvalue weighted by atomic mass is 10.1. The summed E-state index contributed by atoms with van der Waals surface area (Å²) in [6.07, 6.45) is 2.32. The second-order valence-corrected chi connectivity index (χ2v) is 13.7. The Morgan fingerprint density at radius 2 is 1.76 bits per heavy atom. The molecule has 198 valence electrons. The van der Waals surface area contributed by atoms with Crippen molar-refractivity contribution in [3.8, 4) is 5.88 Å². The summed E-state index contributed by atoms with van der Waals surface area (Å²) in [5, 5.41) is 15.3. The van der Waals surface area contributed by atoms with Crippen LogP contribution in [0.15, 0.2) is 39.7 Å². The van der Waals surface area contributed by atoms with Crippen LogP contribution >= 0.6 is 11.3 Å². The van der Waals surface area contributed by atoms with Gasteiger partial charge in [0.15, 0.2) is 14.0 Å². The highest BCUT2D eigenvalue weighted by Gasteiger charge is 2.34. The highest BCUT2D eigenvalue weighted by molar-refractivity contribution is 7.91. The van der Waals surface area contributed by atoms with Crippen LogP contribution in [0.5, 0.6) is 5.88 Å². The van der Waals surface area contributed by atoms with E-state index in [2.05, 4.69) is 20.3 Å². The van der Waals surface area contributed by atoms with Crippen LogP contribution in [0.2, 0.25) is 0 Å². The van der Waals surface area contributed by atoms with Gasteiger partial charge in [0.05, 0.1) is 20.5 Å². The van der Waals surface area contributed by atoms with E-state index in [1.165, 1.54) is 28.6 Å². The first kappa shape index (κ1) is 26.8. The Balaban J connectivity index is 1.48. The minimum atomic E-state index is -3.69. The first-order chi connectivity index (χ1) is 17.4. The molecular formula is C21H24N6O7S3. The maximum absolute atomic E-state index is 13.0. The highest BCUT2D eigenvalue weighted by Crippen LogP contribution is 2.35. The van der Waals surface area contributed by atoms with Gasteiger partial charge in [0.2, 0.25) is 5.82 Å². The predicted molar refractivity (Wildman–Crippen MR) is 136 cm³/mol. The number of piperidine rings is 1. The summed E-state index contributed by atoms with van der Waals surface area (Å²) in [6.45, 7) is 3.77. The molecule has 0 aliphatic carbocycles. The van der Waals surface area contributed by atoms with E-state index in [9.17, 15) is 26.9 Å². The van der Waals surface area contributed by atoms with E-state index in [0.717, 1.165) is 23.9 Å². The molecule has 37 heavy (non-hydrogen) atoms. The predicted octanol–water partition coefficient (Wildman–Crippen LogP) is 2.84. The second kappa shape index (κ2) is 10.3. The van der Waals surface area contributed by atoms with Crippen molar-refractivity contribution in [1.82, 2.24) is 19.3 Å². The van der Waals surface area contributed by atoms with Crippen molar-refractivity contribution >= 4 is 48.4 Å². The van der Waals surface area contributed by atoms with Crippen molar-refractivity contribution in [2.24, 2.45) is 0 Å². The van der Waals surface area contributed by atoms with Crippen LogP contribution in [-0.2, 0) is 19.9 Å². The number of rotatable bonds is 8. The molecule has 1 aliphatic heterocycles. The molecule has 1 aliphatic rings. The summed E-state index contributed by atoms with van der Waals surface area (Å²) in [5.74, 6) is -0.372. The number of hydrogen-bond acceptors (Lipinski definition) is 12. The van der Waals surface area contributed by atoms with Gasteiger partial charge in [0.1, 0.15) is 12.4 Å². The first-order valence-corrected chi connectivity index (χ1v) is 15.2. The molecule has 0 saturated carbocycles. The Kier molecular flexibility index (Phi) is 7.45. The number of ether oxygens (including phenoxy) is 1. The number of aryl methyl sites for hydroxylation is 2. The fourth-order valence-electron chi connectivity index (χ4n) is 3.84. The number of nitro groups is 1. The Bertz CT molecular complexity index is 1530. The van der Waals surface area contributed by atoms with E-state index in [4.69, 9.17) is 4.74 Å². The molecule has 1 saturated heterocycles. The third-order valence-corrected chi connectivity index (χ3v) is 10.3. The number of nitrogens with zero attached hydrogens (tertiary/aromatic N) is 5. The third kappa shape index (κ3) is 5.87. The lowest BCUT2D eigenvalue weighted by Gasteiger charge is -2.30. The molecule has 0 atom stereocenters. The van der Waals surface area contributed by atoms with E-state index in [-0.39, 0.29) is 33.9 Å². The molecule has 3 aromatic rings. The van der Waals surface area contributed by atoms with Gasteiger partial charge >= 0.3 is 5.69 Å². The van der Waals surface area contributed by atoms with Crippen LogP contribution in [0.1, 0.15) is 23.5 Å². The van der Waals surface area contributed by atoms with Crippen LogP contribution < -0.4 is 10.1 Å². The molecule has 1 N–H and O–H groups in total. The molecule has 3 heterocycles. The number of thiazole rings is 1. The average molecular weight is 569 g/mol. The zero-order valence-corrected chi connectivity index (χ0v) is 22.6. The molecule has 1 fully saturated rings. The maximum atomic E-state index is 13.0. The van der Waals surface area contributed by atoms with Crippen LogP contribution in [0.3, 0.4) is 0 Å². The zero-order chi connectivity index (χ0) is 27.0. The van der Waals surface area contributed by atoms with E-state index in [0.29, 0.717) is 29.2 Å². The second-order valence-electron chi connectivity index (χ2n) is 8.38. The number of hydrogen-bond donors (Lipinski definition) is 1. The number of sulfonamides is 1. The maximum Gasteiger partial charge on any atom is 0.373 e. The standard InChI is InChI=1S/C21H24N6O7S3/c1-13-21(35-14(2)24-13)37(32,33)26-10-8-16(9-11-26)34-20-18(27(28)29)19(22-12-23-20)25-15-4-6-17(7-5-15)36(3,30)31/h4-7,12,16H,8-11H2,1-3H3,(H,22,23,25). The van der Waals surface area contributed by atoms with Crippen molar-refractivity contribution in [3.05, 3.63) is 51.4 Å². The minimum Gasteiger partial charge on any atom is -0.469 e. The Hall–Kier alpha value is -3.21. The molecular weight excluding hydrogens is 544 g/mol. The van der Waals surface area contributed by atoms with Gasteiger partial charge in [-0.25, -0.2) is 26.8 Å². The summed E-state index contributed by atoms with van der Waals surface area (Å²) >= 11 is 1.13. The zero-order valence-electron chi connectivity index (χ0n) is 20.1. The van der Waals surface area contributed by atoms with E-state index in [1.807, 2.05) is 0 Å². The Labute approximate surface area is 217 Å². The smallest absolute Gasteiger partial charge is 0.373 e. The SMILES string of the molecule is Cc1nc(C)c(S(=O)(=O)N2CCC(Oc3ncnc(Nc4ccc(S(C)(=O)=O)cc4)c3[N+](=O)[O-])CC2)s1. The van der Waals surface area contributed by atoms with Crippen molar-refractivity contribution in [1.29, 1.82) is 0 Å². The topological polar surface area (TPSA) is 175 Å². The van der Waals surface area contributed by atoms with Gasteiger partial charge < -0.3 is 10.1 Å². The quantitative estimate of drug-likeness (QED) is 0.312. The normalized spacial score (nSPS) is 15.4. The van der Waals surface area contributed by atoms with E-state index < -0.39 is 36.6 Å². The summed E-state index contributed by atoms with van der Waals surface area (Å²) in [4.78, 5) is 23.4. The van der Waals surface area contributed by atoms with Crippen LogP contribution in [0.4, 0.5) is 17.2 Å². The molecule has 16 heteroatoms. The number of aromatic nitrogens is 3. The van der Waals surface area contributed by atoms with Crippen LogP contribution in [0.25, 0.3) is 0 Å². The third-order valence-electron chi connectivity index (χ3n) is 5.63. The molecule has 0 amide bonds. The van der Waals surface area contributed by atoms with Gasteiger partial charge in [-0.1, -0.05) is 0 Å². The van der Waals surface area contributed by atoms with Gasteiger partial charge in [-0.3, -0.25) is 10.1 Å². The Morgan fingerprint density at radius 1 is 1.11 bits per heavy atom. The summed E-state index contributed by atoms with van der Waals surface area (Å²) in [7, 11) is -7.08. The van der Waals surface area contributed by atoms with Crippen LogP contribution in [0, 0.1) is 24.0 Å².